The van der Waals surface area contributed by atoms with Crippen molar-refractivity contribution in [2.24, 2.45) is 0 Å². The molecule has 0 radical (unpaired) electrons. The maximum Gasteiger partial charge on any atom is 0.0694 e. The SMILES string of the molecule is CCCNC(c1cc(Cl)ccc1Br)c1sc(C)cc1Br. The quantitative estimate of drug-likeness (QED) is 0.577. The Hall–Kier alpha value is 0.130. The maximum atomic E-state index is 6.17. The summed E-state index contributed by atoms with van der Waals surface area (Å²) in [5, 5.41) is 4.38. The molecule has 2 rings (SSSR count). The average Bonchev–Trinajstić information content (AvgIpc) is 2.73. The minimum absolute atomic E-state index is 0.149. The van der Waals surface area contributed by atoms with Crippen LogP contribution in [0.5, 0.6) is 0 Å². The Labute approximate surface area is 146 Å². The van der Waals surface area contributed by atoms with Gasteiger partial charge in [0.25, 0.3) is 0 Å². The summed E-state index contributed by atoms with van der Waals surface area (Å²) >= 11 is 15.3. The molecule has 1 heterocycles. The molecular weight excluding hydrogens is 422 g/mol. The van der Waals surface area contributed by atoms with E-state index >= 15 is 0 Å². The second-order valence-corrected chi connectivity index (χ2v) is 8.06. The van der Waals surface area contributed by atoms with Gasteiger partial charge in [0, 0.05) is 23.7 Å². The first-order valence-corrected chi connectivity index (χ1v) is 9.25. The van der Waals surface area contributed by atoms with Crippen molar-refractivity contribution in [1.29, 1.82) is 0 Å². The van der Waals surface area contributed by atoms with Crippen molar-refractivity contribution in [2.45, 2.75) is 26.3 Å². The van der Waals surface area contributed by atoms with E-state index in [1.807, 2.05) is 29.5 Å². The first kappa shape index (κ1) is 16.5. The smallest absolute Gasteiger partial charge is 0.0694 e. The summed E-state index contributed by atoms with van der Waals surface area (Å²) in [6.07, 6.45) is 1.09. The summed E-state index contributed by atoms with van der Waals surface area (Å²) in [5.74, 6) is 0. The molecule has 2 aromatic rings. The molecule has 5 heteroatoms. The predicted molar refractivity (Wildman–Crippen MR) is 96.0 cm³/mol. The van der Waals surface area contributed by atoms with Crippen molar-refractivity contribution in [1.82, 2.24) is 5.32 Å². The molecule has 1 aromatic carbocycles. The van der Waals surface area contributed by atoms with E-state index in [4.69, 9.17) is 11.6 Å². The van der Waals surface area contributed by atoms with Crippen LogP contribution in [0.2, 0.25) is 5.02 Å². The first-order valence-electron chi connectivity index (χ1n) is 6.47. The van der Waals surface area contributed by atoms with Crippen LogP contribution in [-0.4, -0.2) is 6.54 Å². The molecule has 1 unspecified atom stereocenters. The summed E-state index contributed by atoms with van der Waals surface area (Å²) in [7, 11) is 0. The first-order chi connectivity index (χ1) is 9.52. The molecular formula is C15H16Br2ClNS. The molecule has 0 saturated carbocycles. The zero-order valence-corrected chi connectivity index (χ0v) is 16.1. The fraction of sp³-hybridized carbons (Fsp3) is 0.333. The number of benzene rings is 1. The lowest BCUT2D eigenvalue weighted by atomic mass is 10.1. The van der Waals surface area contributed by atoms with Crippen LogP contribution in [0.1, 0.15) is 34.7 Å². The van der Waals surface area contributed by atoms with Gasteiger partial charge in [-0.2, -0.15) is 0 Å². The van der Waals surface area contributed by atoms with Crippen molar-refractivity contribution in [3.63, 3.8) is 0 Å². The number of hydrogen-bond donors (Lipinski definition) is 1. The summed E-state index contributed by atoms with van der Waals surface area (Å²) in [6.45, 7) is 5.27. The van der Waals surface area contributed by atoms with Crippen molar-refractivity contribution in [2.75, 3.05) is 6.54 Å². The number of hydrogen-bond acceptors (Lipinski definition) is 2. The summed E-state index contributed by atoms with van der Waals surface area (Å²) < 4.78 is 2.23. The van der Waals surface area contributed by atoms with Crippen LogP contribution in [0.25, 0.3) is 0 Å². The van der Waals surface area contributed by atoms with Gasteiger partial charge in [0.15, 0.2) is 0 Å². The fourth-order valence-corrected chi connectivity index (χ4v) is 4.70. The Morgan fingerprint density at radius 1 is 1.25 bits per heavy atom. The third-order valence-electron chi connectivity index (χ3n) is 2.97. The lowest BCUT2D eigenvalue weighted by Gasteiger charge is -2.20. The van der Waals surface area contributed by atoms with Gasteiger partial charge in [-0.25, -0.2) is 0 Å². The molecule has 0 amide bonds. The van der Waals surface area contributed by atoms with E-state index in [1.165, 1.54) is 15.3 Å². The number of rotatable bonds is 5. The van der Waals surface area contributed by atoms with Crippen LogP contribution in [0.4, 0.5) is 0 Å². The maximum absolute atomic E-state index is 6.17. The molecule has 0 aliphatic rings. The third kappa shape index (κ3) is 3.86. The van der Waals surface area contributed by atoms with E-state index in [0.29, 0.717) is 0 Å². The molecule has 1 aromatic heterocycles. The summed E-state index contributed by atoms with van der Waals surface area (Å²) in [4.78, 5) is 2.59. The Kier molecular flexibility index (Phi) is 6.11. The van der Waals surface area contributed by atoms with Crippen LogP contribution < -0.4 is 5.32 Å². The van der Waals surface area contributed by atoms with Crippen molar-refractivity contribution >= 4 is 54.8 Å². The minimum Gasteiger partial charge on any atom is -0.306 e. The third-order valence-corrected chi connectivity index (χ3v) is 5.96. The molecule has 0 aliphatic carbocycles. The van der Waals surface area contributed by atoms with Crippen molar-refractivity contribution in [3.8, 4) is 0 Å². The largest absolute Gasteiger partial charge is 0.306 e. The highest BCUT2D eigenvalue weighted by atomic mass is 79.9. The zero-order chi connectivity index (χ0) is 14.7. The topological polar surface area (TPSA) is 12.0 Å². The van der Waals surface area contributed by atoms with E-state index in [2.05, 4.69) is 57.1 Å². The molecule has 0 spiro atoms. The zero-order valence-electron chi connectivity index (χ0n) is 11.3. The monoisotopic (exact) mass is 435 g/mol. The number of nitrogens with one attached hydrogen (secondary N) is 1. The highest BCUT2D eigenvalue weighted by Gasteiger charge is 2.21. The van der Waals surface area contributed by atoms with E-state index in [1.54, 1.807) is 0 Å². The second kappa shape index (κ2) is 7.41. The number of aryl methyl sites for hydroxylation is 1. The van der Waals surface area contributed by atoms with Crippen LogP contribution in [-0.2, 0) is 0 Å². The molecule has 0 fully saturated rings. The molecule has 1 nitrogen and oxygen atoms in total. The van der Waals surface area contributed by atoms with Gasteiger partial charge in [0.1, 0.15) is 0 Å². The normalized spacial score (nSPS) is 12.7. The van der Waals surface area contributed by atoms with Gasteiger partial charge in [-0.05, 0) is 65.6 Å². The van der Waals surface area contributed by atoms with Gasteiger partial charge in [-0.1, -0.05) is 34.5 Å². The number of halogens is 3. The second-order valence-electron chi connectivity index (χ2n) is 4.62. The average molecular weight is 438 g/mol. The van der Waals surface area contributed by atoms with E-state index in [0.717, 1.165) is 26.9 Å². The molecule has 1 N–H and O–H groups in total. The minimum atomic E-state index is 0.149. The molecule has 0 bridgehead atoms. The van der Waals surface area contributed by atoms with E-state index in [-0.39, 0.29) is 6.04 Å². The summed E-state index contributed by atoms with van der Waals surface area (Å²) in [6, 6.07) is 8.25. The Bertz CT molecular complexity index is 598. The lowest BCUT2D eigenvalue weighted by Crippen LogP contribution is -2.23. The Balaban J connectivity index is 2.46. The van der Waals surface area contributed by atoms with Crippen LogP contribution in [0.15, 0.2) is 33.2 Å². The van der Waals surface area contributed by atoms with Gasteiger partial charge in [-0.15, -0.1) is 11.3 Å². The molecule has 1 atom stereocenters. The van der Waals surface area contributed by atoms with Gasteiger partial charge < -0.3 is 5.32 Å². The van der Waals surface area contributed by atoms with Gasteiger partial charge >= 0.3 is 0 Å². The van der Waals surface area contributed by atoms with Crippen molar-refractivity contribution < 1.29 is 0 Å². The predicted octanol–water partition coefficient (Wildman–Crippen LogP) is 6.32. The molecule has 0 aliphatic heterocycles. The van der Waals surface area contributed by atoms with Crippen LogP contribution in [0.3, 0.4) is 0 Å². The van der Waals surface area contributed by atoms with Crippen molar-refractivity contribution in [3.05, 3.63) is 53.6 Å². The molecule has 20 heavy (non-hydrogen) atoms. The molecule has 108 valence electrons. The Morgan fingerprint density at radius 3 is 2.60 bits per heavy atom. The van der Waals surface area contributed by atoms with E-state index in [9.17, 15) is 0 Å². The highest BCUT2D eigenvalue weighted by molar-refractivity contribution is 9.10. The Morgan fingerprint density at radius 2 is 2.00 bits per heavy atom. The van der Waals surface area contributed by atoms with Gasteiger partial charge in [0.05, 0.1) is 6.04 Å². The molecule has 0 saturated heterocycles. The summed E-state index contributed by atoms with van der Waals surface area (Å²) in [5.41, 5.74) is 1.17. The van der Waals surface area contributed by atoms with Gasteiger partial charge in [-0.3, -0.25) is 0 Å². The van der Waals surface area contributed by atoms with Crippen LogP contribution >= 0.6 is 54.8 Å². The van der Waals surface area contributed by atoms with Gasteiger partial charge in [0.2, 0.25) is 0 Å². The standard InChI is InChI=1S/C15H16Br2ClNS/c1-3-6-19-14(15-13(17)7-9(2)20-15)11-8-10(18)4-5-12(11)16/h4-5,7-8,14,19H,3,6H2,1-2H3. The lowest BCUT2D eigenvalue weighted by molar-refractivity contribution is 0.603. The fourth-order valence-electron chi connectivity index (χ4n) is 2.07. The van der Waals surface area contributed by atoms with Crippen LogP contribution in [0, 0.1) is 6.92 Å². The van der Waals surface area contributed by atoms with E-state index < -0.39 is 0 Å². The highest BCUT2D eigenvalue weighted by Crippen LogP contribution is 2.38. The number of thiophene rings is 1.